The second-order valence-corrected chi connectivity index (χ2v) is 4.54. The number of aliphatic hydroxyl groups excluding tert-OH is 1. The summed E-state index contributed by atoms with van der Waals surface area (Å²) in [5.74, 6) is -0.447. The lowest BCUT2D eigenvalue weighted by atomic mass is 10.00. The van der Waals surface area contributed by atoms with E-state index in [0.717, 1.165) is 5.56 Å². The molecule has 1 aliphatic heterocycles. The number of ether oxygens (including phenoxy) is 1. The first-order valence-electron chi connectivity index (χ1n) is 5.52. The molecule has 0 saturated heterocycles. The van der Waals surface area contributed by atoms with Crippen molar-refractivity contribution in [3.63, 3.8) is 0 Å². The van der Waals surface area contributed by atoms with E-state index in [1.165, 1.54) is 0 Å². The fraction of sp³-hybridized carbons (Fsp3) is 0.385. The minimum atomic E-state index is -0.850. The van der Waals surface area contributed by atoms with Crippen LogP contribution in [0, 0.1) is 0 Å². The first-order valence-corrected chi connectivity index (χ1v) is 5.52. The number of rotatable bonds is 3. The summed E-state index contributed by atoms with van der Waals surface area (Å²) in [5, 5.41) is 9.42. The molecule has 0 unspecified atom stereocenters. The lowest BCUT2D eigenvalue weighted by molar-refractivity contribution is -0.138. The summed E-state index contributed by atoms with van der Waals surface area (Å²) in [5.41, 5.74) is 0.0385. The molecule has 0 bridgehead atoms. The molecule has 0 aromatic heterocycles. The molecule has 0 radical (unpaired) electrons. The molecule has 0 saturated carbocycles. The Kier molecular flexibility index (Phi) is 2.98. The molecule has 90 valence electrons. The number of esters is 1. The molecular formula is C13H15NO3. The van der Waals surface area contributed by atoms with Crippen LogP contribution >= 0.6 is 0 Å². The fourth-order valence-corrected chi connectivity index (χ4v) is 1.72. The van der Waals surface area contributed by atoms with Crippen molar-refractivity contribution in [1.82, 2.24) is 0 Å². The van der Waals surface area contributed by atoms with Gasteiger partial charge in [0.25, 0.3) is 0 Å². The highest BCUT2D eigenvalue weighted by Crippen LogP contribution is 2.27. The van der Waals surface area contributed by atoms with Crippen LogP contribution in [0.1, 0.15) is 25.3 Å². The molecule has 4 nitrogen and oxygen atoms in total. The Bertz CT molecular complexity index is 451. The number of carbonyl (C=O) groups is 1. The number of nitrogens with zero attached hydrogens (tertiary/aromatic N) is 1. The van der Waals surface area contributed by atoms with Crippen LogP contribution in [0.15, 0.2) is 35.3 Å². The molecule has 0 amide bonds. The Morgan fingerprint density at radius 2 is 2.00 bits per heavy atom. The van der Waals surface area contributed by atoms with E-state index in [1.807, 2.05) is 30.3 Å². The number of hydrogen-bond donors (Lipinski definition) is 1. The van der Waals surface area contributed by atoms with E-state index in [4.69, 9.17) is 4.74 Å². The highest BCUT2D eigenvalue weighted by atomic mass is 16.6. The van der Waals surface area contributed by atoms with Crippen LogP contribution in [0.5, 0.6) is 0 Å². The summed E-state index contributed by atoms with van der Waals surface area (Å²) < 4.78 is 5.14. The summed E-state index contributed by atoms with van der Waals surface area (Å²) in [7, 11) is 0. The predicted molar refractivity (Wildman–Crippen MR) is 63.9 cm³/mol. The monoisotopic (exact) mass is 233 g/mol. The summed E-state index contributed by atoms with van der Waals surface area (Å²) in [4.78, 5) is 15.8. The van der Waals surface area contributed by atoms with Crippen LogP contribution < -0.4 is 0 Å². The summed E-state index contributed by atoms with van der Waals surface area (Å²) >= 11 is 0. The molecule has 4 heteroatoms. The number of aliphatic hydroxyl groups is 1. The molecular weight excluding hydrogens is 218 g/mol. The van der Waals surface area contributed by atoms with Gasteiger partial charge in [-0.05, 0) is 19.4 Å². The Hall–Kier alpha value is -1.68. The van der Waals surface area contributed by atoms with E-state index in [2.05, 4.69) is 4.99 Å². The quantitative estimate of drug-likeness (QED) is 0.805. The second kappa shape index (κ2) is 4.30. The molecule has 0 spiro atoms. The van der Waals surface area contributed by atoms with Crippen molar-refractivity contribution in [3.05, 3.63) is 35.9 Å². The maximum atomic E-state index is 11.5. The van der Waals surface area contributed by atoms with Gasteiger partial charge >= 0.3 is 5.97 Å². The molecule has 1 aliphatic rings. The van der Waals surface area contributed by atoms with Gasteiger partial charge in [0.05, 0.1) is 12.5 Å². The van der Waals surface area contributed by atoms with Gasteiger partial charge in [0.1, 0.15) is 0 Å². The third-order valence-electron chi connectivity index (χ3n) is 2.77. The van der Waals surface area contributed by atoms with E-state index in [1.54, 1.807) is 13.8 Å². The second-order valence-electron chi connectivity index (χ2n) is 4.54. The van der Waals surface area contributed by atoms with Crippen molar-refractivity contribution in [2.75, 3.05) is 6.61 Å². The van der Waals surface area contributed by atoms with Crippen LogP contribution in [-0.4, -0.2) is 29.1 Å². The first kappa shape index (κ1) is 11.8. The van der Waals surface area contributed by atoms with E-state index in [-0.39, 0.29) is 18.5 Å². The SMILES string of the molecule is CC1(C)N=C([C@@H](CO)c2ccccc2)OC1=O. The van der Waals surface area contributed by atoms with Crippen molar-refractivity contribution in [3.8, 4) is 0 Å². The zero-order valence-corrected chi connectivity index (χ0v) is 9.88. The topological polar surface area (TPSA) is 58.9 Å². The van der Waals surface area contributed by atoms with Gasteiger partial charge in [-0.1, -0.05) is 30.3 Å². The van der Waals surface area contributed by atoms with Crippen LogP contribution in [0.2, 0.25) is 0 Å². The van der Waals surface area contributed by atoms with Gasteiger partial charge < -0.3 is 9.84 Å². The molecule has 1 aromatic carbocycles. The molecule has 2 rings (SSSR count). The van der Waals surface area contributed by atoms with Crippen molar-refractivity contribution in [2.24, 2.45) is 4.99 Å². The Morgan fingerprint density at radius 3 is 2.47 bits per heavy atom. The van der Waals surface area contributed by atoms with Crippen molar-refractivity contribution >= 4 is 11.9 Å². The molecule has 1 aromatic rings. The maximum Gasteiger partial charge on any atom is 0.340 e. The zero-order valence-electron chi connectivity index (χ0n) is 9.88. The largest absolute Gasteiger partial charge is 0.409 e. The summed E-state index contributed by atoms with van der Waals surface area (Å²) in [6.45, 7) is 3.26. The molecule has 1 atom stereocenters. The normalized spacial score (nSPS) is 19.7. The Balaban J connectivity index is 2.31. The third kappa shape index (κ3) is 2.22. The summed E-state index contributed by atoms with van der Waals surface area (Å²) in [6.07, 6.45) is 0. The van der Waals surface area contributed by atoms with Crippen LogP contribution in [-0.2, 0) is 9.53 Å². The highest BCUT2D eigenvalue weighted by Gasteiger charge is 2.39. The fourth-order valence-electron chi connectivity index (χ4n) is 1.72. The standard InChI is InChI=1S/C13H15NO3/c1-13(2)12(16)17-11(14-13)10(8-15)9-6-4-3-5-7-9/h3-7,10,15H,8H2,1-2H3/t10-/m0/s1. The average molecular weight is 233 g/mol. The number of hydrogen-bond acceptors (Lipinski definition) is 4. The molecule has 0 fully saturated rings. The minimum Gasteiger partial charge on any atom is -0.409 e. The van der Waals surface area contributed by atoms with E-state index in [9.17, 15) is 9.90 Å². The van der Waals surface area contributed by atoms with Crippen molar-refractivity contribution in [1.29, 1.82) is 0 Å². The van der Waals surface area contributed by atoms with Gasteiger partial charge in [0, 0.05) is 0 Å². The molecule has 17 heavy (non-hydrogen) atoms. The number of benzene rings is 1. The van der Waals surface area contributed by atoms with Gasteiger partial charge in [-0.15, -0.1) is 0 Å². The van der Waals surface area contributed by atoms with Crippen LogP contribution in [0.4, 0.5) is 0 Å². The lowest BCUT2D eigenvalue weighted by Gasteiger charge is -2.12. The summed E-state index contributed by atoms with van der Waals surface area (Å²) in [6, 6.07) is 9.40. The zero-order chi connectivity index (χ0) is 12.5. The molecule has 1 N–H and O–H groups in total. The molecule has 0 aliphatic carbocycles. The highest BCUT2D eigenvalue weighted by molar-refractivity contribution is 6.02. The number of carbonyl (C=O) groups excluding carboxylic acids is 1. The third-order valence-corrected chi connectivity index (χ3v) is 2.77. The predicted octanol–water partition coefficient (Wildman–Crippen LogP) is 1.50. The van der Waals surface area contributed by atoms with Crippen LogP contribution in [0.3, 0.4) is 0 Å². The first-order chi connectivity index (χ1) is 8.04. The Labute approximate surface area is 99.9 Å². The van der Waals surface area contributed by atoms with Crippen LogP contribution in [0.25, 0.3) is 0 Å². The maximum absolute atomic E-state index is 11.5. The average Bonchev–Trinajstić information content (AvgIpc) is 2.56. The van der Waals surface area contributed by atoms with Gasteiger partial charge in [-0.25, -0.2) is 9.79 Å². The van der Waals surface area contributed by atoms with Gasteiger partial charge in [0.15, 0.2) is 5.54 Å². The van der Waals surface area contributed by atoms with Crippen molar-refractivity contribution in [2.45, 2.75) is 25.3 Å². The van der Waals surface area contributed by atoms with Gasteiger partial charge in [0.2, 0.25) is 5.90 Å². The Morgan fingerprint density at radius 1 is 1.35 bits per heavy atom. The van der Waals surface area contributed by atoms with Crippen molar-refractivity contribution < 1.29 is 14.6 Å². The lowest BCUT2D eigenvalue weighted by Crippen LogP contribution is -2.25. The van der Waals surface area contributed by atoms with Gasteiger partial charge in [-0.2, -0.15) is 0 Å². The number of aliphatic imine (C=N–C) groups is 1. The smallest absolute Gasteiger partial charge is 0.340 e. The van der Waals surface area contributed by atoms with E-state index in [0.29, 0.717) is 5.90 Å². The van der Waals surface area contributed by atoms with E-state index < -0.39 is 5.54 Å². The number of cyclic esters (lactones) is 1. The molecule has 1 heterocycles. The van der Waals surface area contributed by atoms with Gasteiger partial charge in [-0.3, -0.25) is 0 Å². The minimum absolute atomic E-state index is 0.133. The van der Waals surface area contributed by atoms with E-state index >= 15 is 0 Å².